The van der Waals surface area contributed by atoms with Gasteiger partial charge in [0.25, 0.3) is 0 Å². The molecule has 0 aromatic heterocycles. The van der Waals surface area contributed by atoms with Gasteiger partial charge in [0, 0.05) is 6.04 Å². The minimum Gasteiger partial charge on any atom is -0.448 e. The lowest BCUT2D eigenvalue weighted by atomic mass is 10.1. The highest BCUT2D eigenvalue weighted by Crippen LogP contribution is 2.08. The number of hydrogen-bond donors (Lipinski definition) is 2. The molecule has 0 aliphatic heterocycles. The number of carbonyl (C=O) groups is 1. The minimum atomic E-state index is -0.876. The zero-order valence-electron chi connectivity index (χ0n) is 8.15. The summed E-state index contributed by atoms with van der Waals surface area (Å²) >= 11 is 0. The summed E-state index contributed by atoms with van der Waals surface area (Å²) in [5.41, 5.74) is 10.9. The third kappa shape index (κ3) is 3.95. The molecule has 0 saturated heterocycles. The highest BCUT2D eigenvalue weighted by molar-refractivity contribution is 5.64. The van der Waals surface area contributed by atoms with Gasteiger partial charge in [-0.15, -0.1) is 0 Å². The normalized spacial score (nSPS) is 12.1. The van der Waals surface area contributed by atoms with Gasteiger partial charge in [0.2, 0.25) is 0 Å². The van der Waals surface area contributed by atoms with Gasteiger partial charge in [0.05, 0.1) is 0 Å². The molecule has 0 bridgehead atoms. The first-order valence-corrected chi connectivity index (χ1v) is 4.51. The van der Waals surface area contributed by atoms with Crippen molar-refractivity contribution in [1.82, 2.24) is 0 Å². The van der Waals surface area contributed by atoms with Gasteiger partial charge in [0.15, 0.2) is 0 Å². The first kappa shape index (κ1) is 11.5. The second-order valence-corrected chi connectivity index (χ2v) is 3.19. The van der Waals surface area contributed by atoms with Crippen molar-refractivity contribution in [2.75, 3.05) is 6.61 Å². The van der Waals surface area contributed by atoms with E-state index in [0.29, 0.717) is 12.0 Å². The molecule has 1 aromatic carbocycles. The fraction of sp³-hybridized carbons (Fsp3) is 0.300. The maximum absolute atomic E-state index is 13.2. The molecule has 0 spiro atoms. The Balaban J connectivity index is 2.47. The van der Waals surface area contributed by atoms with Crippen molar-refractivity contribution < 1.29 is 13.9 Å². The van der Waals surface area contributed by atoms with Crippen molar-refractivity contribution >= 4 is 6.09 Å². The van der Waals surface area contributed by atoms with E-state index in [-0.39, 0.29) is 12.4 Å². The molecule has 0 heterocycles. The third-order valence-electron chi connectivity index (χ3n) is 1.88. The van der Waals surface area contributed by atoms with E-state index in [0.717, 1.165) is 0 Å². The average molecular weight is 212 g/mol. The zero-order valence-corrected chi connectivity index (χ0v) is 8.15. The minimum absolute atomic E-state index is 0.0103. The van der Waals surface area contributed by atoms with Crippen LogP contribution in [0.5, 0.6) is 0 Å². The Morgan fingerprint density at radius 1 is 1.47 bits per heavy atom. The van der Waals surface area contributed by atoms with E-state index in [1.54, 1.807) is 18.2 Å². The second-order valence-electron chi connectivity index (χ2n) is 3.19. The standard InChI is InChI=1S/C10H13FN2O2/c11-9-4-2-1-3-7(9)5-8(12)6-15-10(13)14/h1-4,8H,5-6,12H2,(H2,13,14)/t8-/m0/s1. The summed E-state index contributed by atoms with van der Waals surface area (Å²) in [6.45, 7) is -0.0103. The number of hydrogen-bond acceptors (Lipinski definition) is 3. The zero-order chi connectivity index (χ0) is 11.3. The van der Waals surface area contributed by atoms with Gasteiger partial charge < -0.3 is 16.2 Å². The van der Waals surface area contributed by atoms with Crippen LogP contribution in [0.3, 0.4) is 0 Å². The number of rotatable bonds is 4. The summed E-state index contributed by atoms with van der Waals surface area (Å²) < 4.78 is 17.7. The van der Waals surface area contributed by atoms with E-state index in [1.165, 1.54) is 6.07 Å². The van der Waals surface area contributed by atoms with E-state index in [4.69, 9.17) is 11.5 Å². The molecule has 4 N–H and O–H groups in total. The lowest BCUT2D eigenvalue weighted by molar-refractivity contribution is 0.149. The molecule has 0 aliphatic rings. The van der Waals surface area contributed by atoms with Crippen molar-refractivity contribution in [1.29, 1.82) is 0 Å². The number of ether oxygens (including phenoxy) is 1. The second kappa shape index (κ2) is 5.31. The van der Waals surface area contributed by atoms with Crippen LogP contribution >= 0.6 is 0 Å². The summed E-state index contributed by atoms with van der Waals surface area (Å²) in [6.07, 6.45) is -0.570. The highest BCUT2D eigenvalue weighted by Gasteiger charge is 2.09. The van der Waals surface area contributed by atoms with Gasteiger partial charge in [-0.1, -0.05) is 18.2 Å². The summed E-state index contributed by atoms with van der Waals surface area (Å²) in [5.74, 6) is -0.313. The molecule has 0 radical (unpaired) electrons. The van der Waals surface area contributed by atoms with Gasteiger partial charge in [-0.3, -0.25) is 0 Å². The largest absolute Gasteiger partial charge is 0.448 e. The van der Waals surface area contributed by atoms with Gasteiger partial charge in [-0.05, 0) is 18.1 Å². The number of amides is 1. The number of halogens is 1. The Morgan fingerprint density at radius 3 is 2.73 bits per heavy atom. The first-order valence-electron chi connectivity index (χ1n) is 4.51. The monoisotopic (exact) mass is 212 g/mol. The number of nitrogens with two attached hydrogens (primary N) is 2. The van der Waals surface area contributed by atoms with E-state index < -0.39 is 12.1 Å². The Hall–Kier alpha value is -1.62. The van der Waals surface area contributed by atoms with Crippen molar-refractivity contribution in [3.8, 4) is 0 Å². The molecule has 1 rings (SSSR count). The van der Waals surface area contributed by atoms with Crippen LogP contribution in [0.2, 0.25) is 0 Å². The molecule has 0 unspecified atom stereocenters. The topological polar surface area (TPSA) is 78.3 Å². The summed E-state index contributed by atoms with van der Waals surface area (Å²) in [7, 11) is 0. The van der Waals surface area contributed by atoms with Crippen molar-refractivity contribution in [3.05, 3.63) is 35.6 Å². The maximum Gasteiger partial charge on any atom is 0.404 e. The van der Waals surface area contributed by atoms with E-state index in [1.807, 2.05) is 0 Å². The maximum atomic E-state index is 13.2. The molecular formula is C10H13FN2O2. The van der Waals surface area contributed by atoms with Crippen molar-refractivity contribution in [3.63, 3.8) is 0 Å². The molecule has 1 atom stereocenters. The Labute approximate surface area is 87.0 Å². The Morgan fingerprint density at radius 2 is 2.13 bits per heavy atom. The van der Waals surface area contributed by atoms with Crippen LogP contribution in [-0.4, -0.2) is 18.7 Å². The smallest absolute Gasteiger partial charge is 0.404 e. The first-order chi connectivity index (χ1) is 7.09. The van der Waals surface area contributed by atoms with Crippen LogP contribution in [0.1, 0.15) is 5.56 Å². The van der Waals surface area contributed by atoms with E-state index in [9.17, 15) is 9.18 Å². The molecule has 0 fully saturated rings. The molecule has 82 valence electrons. The van der Waals surface area contributed by atoms with E-state index in [2.05, 4.69) is 4.74 Å². The van der Waals surface area contributed by atoms with Gasteiger partial charge in [-0.2, -0.15) is 0 Å². The number of benzene rings is 1. The molecular weight excluding hydrogens is 199 g/mol. The van der Waals surface area contributed by atoms with Crippen LogP contribution in [0, 0.1) is 5.82 Å². The average Bonchev–Trinajstić information content (AvgIpc) is 2.18. The molecule has 0 aliphatic carbocycles. The summed E-state index contributed by atoms with van der Waals surface area (Å²) in [6, 6.07) is 5.87. The predicted octanol–water partition coefficient (Wildman–Crippen LogP) is 0.791. The summed E-state index contributed by atoms with van der Waals surface area (Å²) in [4.78, 5) is 10.3. The van der Waals surface area contributed by atoms with Crippen LogP contribution in [-0.2, 0) is 11.2 Å². The van der Waals surface area contributed by atoms with Crippen LogP contribution < -0.4 is 11.5 Å². The van der Waals surface area contributed by atoms with Gasteiger partial charge >= 0.3 is 6.09 Å². The van der Waals surface area contributed by atoms with Crippen LogP contribution in [0.25, 0.3) is 0 Å². The SMILES string of the molecule is NC(=O)OC[C@@H](N)Cc1ccccc1F. The molecule has 1 aromatic rings. The quantitative estimate of drug-likeness (QED) is 0.774. The van der Waals surface area contributed by atoms with Crippen molar-refractivity contribution in [2.24, 2.45) is 11.5 Å². The fourth-order valence-corrected chi connectivity index (χ4v) is 1.19. The van der Waals surface area contributed by atoms with E-state index >= 15 is 0 Å². The fourth-order valence-electron chi connectivity index (χ4n) is 1.19. The molecule has 4 nitrogen and oxygen atoms in total. The van der Waals surface area contributed by atoms with Gasteiger partial charge in [-0.25, -0.2) is 9.18 Å². The predicted molar refractivity (Wildman–Crippen MR) is 53.6 cm³/mol. The Kier molecular flexibility index (Phi) is 4.05. The van der Waals surface area contributed by atoms with Crippen LogP contribution in [0.15, 0.2) is 24.3 Å². The van der Waals surface area contributed by atoms with Crippen molar-refractivity contribution in [2.45, 2.75) is 12.5 Å². The molecule has 15 heavy (non-hydrogen) atoms. The summed E-state index contributed by atoms with van der Waals surface area (Å²) in [5, 5.41) is 0. The lowest BCUT2D eigenvalue weighted by Crippen LogP contribution is -2.31. The van der Waals surface area contributed by atoms with Crippen LogP contribution in [0.4, 0.5) is 9.18 Å². The number of carbonyl (C=O) groups excluding carboxylic acids is 1. The number of primary amides is 1. The Bertz CT molecular complexity index is 344. The van der Waals surface area contributed by atoms with Gasteiger partial charge in [0.1, 0.15) is 12.4 Å². The molecule has 5 heteroatoms. The third-order valence-corrected chi connectivity index (χ3v) is 1.88. The highest BCUT2D eigenvalue weighted by atomic mass is 19.1. The molecule has 1 amide bonds. The lowest BCUT2D eigenvalue weighted by Gasteiger charge is -2.11. The molecule has 0 saturated carbocycles.